The van der Waals surface area contributed by atoms with Gasteiger partial charge >= 0.3 is 0 Å². The molecule has 162 valence electrons. The topological polar surface area (TPSA) is 84.3 Å². The quantitative estimate of drug-likeness (QED) is 0.615. The van der Waals surface area contributed by atoms with Gasteiger partial charge in [-0.15, -0.1) is 0 Å². The number of benzene rings is 2. The monoisotopic (exact) mass is 438 g/mol. The lowest BCUT2D eigenvalue weighted by Crippen LogP contribution is -2.42. The van der Waals surface area contributed by atoms with E-state index in [1.54, 1.807) is 53.5 Å². The Kier molecular flexibility index (Phi) is 6.48. The van der Waals surface area contributed by atoms with E-state index < -0.39 is 16.1 Å². The Morgan fingerprint density at radius 2 is 1.65 bits per heavy atom. The highest BCUT2D eigenvalue weighted by Gasteiger charge is 2.30. The third kappa shape index (κ3) is 4.86. The molecule has 4 rings (SSSR count). The summed E-state index contributed by atoms with van der Waals surface area (Å²) in [5, 5.41) is 7.31. The van der Waals surface area contributed by atoms with Crippen LogP contribution in [-0.4, -0.2) is 48.0 Å². The van der Waals surface area contributed by atoms with Crippen LogP contribution < -0.4 is 5.32 Å². The van der Waals surface area contributed by atoms with Crippen LogP contribution in [0.15, 0.2) is 84.0 Å². The highest BCUT2D eigenvalue weighted by Crippen LogP contribution is 2.24. The van der Waals surface area contributed by atoms with Gasteiger partial charge in [-0.05, 0) is 42.5 Å². The lowest BCUT2D eigenvalue weighted by molar-refractivity contribution is -0.123. The van der Waals surface area contributed by atoms with Gasteiger partial charge in [0.2, 0.25) is 15.9 Å². The molecular weight excluding hydrogens is 412 g/mol. The molecule has 1 atom stereocenters. The van der Waals surface area contributed by atoms with Gasteiger partial charge in [-0.3, -0.25) is 9.48 Å². The average Bonchev–Trinajstić information content (AvgIpc) is 3.34. The van der Waals surface area contributed by atoms with E-state index in [-0.39, 0.29) is 11.8 Å². The van der Waals surface area contributed by atoms with Crippen LogP contribution in [-0.2, 0) is 14.8 Å². The fourth-order valence-corrected chi connectivity index (χ4v) is 5.42. The van der Waals surface area contributed by atoms with Crippen molar-refractivity contribution < 1.29 is 13.2 Å². The van der Waals surface area contributed by atoms with E-state index in [1.807, 2.05) is 30.3 Å². The highest BCUT2D eigenvalue weighted by atomic mass is 32.2. The molecule has 1 saturated heterocycles. The second-order valence-corrected chi connectivity index (χ2v) is 9.64. The summed E-state index contributed by atoms with van der Waals surface area (Å²) in [5.74, 6) is 0.120. The second kappa shape index (κ2) is 9.45. The molecular formula is C23H26N4O3S. The molecule has 1 aromatic heterocycles. The number of piperidine rings is 1. The molecule has 3 aromatic rings. The predicted octanol–water partition coefficient (Wildman–Crippen LogP) is 2.69. The summed E-state index contributed by atoms with van der Waals surface area (Å²) in [5.41, 5.74) is 0.868. The molecule has 1 amide bonds. The molecule has 1 N–H and O–H groups in total. The smallest absolute Gasteiger partial charge is 0.249 e. The SMILES string of the molecule is O=C(NCC1CCN(S(=O)(=O)c2ccccc2)CC1)C(c1ccccc1)n1cccn1. The van der Waals surface area contributed by atoms with Gasteiger partial charge in [0.15, 0.2) is 6.04 Å². The van der Waals surface area contributed by atoms with Crippen molar-refractivity contribution in [2.75, 3.05) is 19.6 Å². The van der Waals surface area contributed by atoms with E-state index in [0.29, 0.717) is 37.4 Å². The Hall–Kier alpha value is -2.97. The summed E-state index contributed by atoms with van der Waals surface area (Å²) >= 11 is 0. The Bertz CT molecular complexity index is 1080. The van der Waals surface area contributed by atoms with Crippen LogP contribution in [0.4, 0.5) is 0 Å². The number of hydrogen-bond acceptors (Lipinski definition) is 4. The van der Waals surface area contributed by atoms with Crippen molar-refractivity contribution in [2.45, 2.75) is 23.8 Å². The minimum absolute atomic E-state index is 0.116. The minimum atomic E-state index is -3.46. The molecule has 0 saturated carbocycles. The molecule has 1 aliphatic heterocycles. The van der Waals surface area contributed by atoms with Gasteiger partial charge in [-0.25, -0.2) is 8.42 Å². The minimum Gasteiger partial charge on any atom is -0.354 e. The summed E-state index contributed by atoms with van der Waals surface area (Å²) in [6.45, 7) is 1.43. The number of amides is 1. The van der Waals surface area contributed by atoms with Crippen molar-refractivity contribution in [1.82, 2.24) is 19.4 Å². The second-order valence-electron chi connectivity index (χ2n) is 7.70. The molecule has 0 bridgehead atoms. The summed E-state index contributed by atoms with van der Waals surface area (Å²) in [4.78, 5) is 13.3. The average molecular weight is 439 g/mol. The fraction of sp³-hybridized carbons (Fsp3) is 0.304. The molecule has 1 fully saturated rings. The van der Waals surface area contributed by atoms with Gasteiger partial charge in [-0.2, -0.15) is 9.40 Å². The number of carbonyl (C=O) groups excluding carboxylic acids is 1. The first kappa shape index (κ1) is 21.3. The Labute approximate surface area is 182 Å². The number of aromatic nitrogens is 2. The van der Waals surface area contributed by atoms with Gasteiger partial charge in [-0.1, -0.05) is 48.5 Å². The summed E-state index contributed by atoms with van der Waals surface area (Å²) in [6, 6.07) is 19.3. The number of carbonyl (C=O) groups is 1. The maximum Gasteiger partial charge on any atom is 0.249 e. The van der Waals surface area contributed by atoms with Gasteiger partial charge < -0.3 is 5.32 Å². The molecule has 31 heavy (non-hydrogen) atoms. The molecule has 0 radical (unpaired) electrons. The van der Waals surface area contributed by atoms with Crippen LogP contribution in [0.3, 0.4) is 0 Å². The van der Waals surface area contributed by atoms with Crippen molar-refractivity contribution in [3.05, 3.63) is 84.7 Å². The van der Waals surface area contributed by atoms with E-state index in [1.165, 1.54) is 4.31 Å². The van der Waals surface area contributed by atoms with Crippen LogP contribution in [0, 0.1) is 5.92 Å². The van der Waals surface area contributed by atoms with Crippen LogP contribution in [0.2, 0.25) is 0 Å². The zero-order chi connectivity index (χ0) is 21.7. The first-order chi connectivity index (χ1) is 15.1. The molecule has 8 heteroatoms. The Morgan fingerprint density at radius 3 is 2.26 bits per heavy atom. The summed E-state index contributed by atoms with van der Waals surface area (Å²) < 4.78 is 28.8. The number of sulfonamides is 1. The lowest BCUT2D eigenvalue weighted by atomic mass is 9.98. The van der Waals surface area contributed by atoms with E-state index in [4.69, 9.17) is 0 Å². The first-order valence-corrected chi connectivity index (χ1v) is 11.9. The molecule has 2 heterocycles. The maximum absolute atomic E-state index is 13.0. The van der Waals surface area contributed by atoms with Crippen molar-refractivity contribution in [3.8, 4) is 0 Å². The third-order valence-electron chi connectivity index (χ3n) is 5.67. The molecule has 1 unspecified atom stereocenters. The molecule has 1 aliphatic rings. The van der Waals surface area contributed by atoms with E-state index in [9.17, 15) is 13.2 Å². The molecule has 0 aliphatic carbocycles. The van der Waals surface area contributed by atoms with Crippen LogP contribution in [0.5, 0.6) is 0 Å². The normalized spacial score (nSPS) is 16.6. The van der Waals surface area contributed by atoms with Crippen molar-refractivity contribution in [2.24, 2.45) is 5.92 Å². The van der Waals surface area contributed by atoms with E-state index in [2.05, 4.69) is 10.4 Å². The maximum atomic E-state index is 13.0. The third-order valence-corrected chi connectivity index (χ3v) is 7.59. The molecule has 0 spiro atoms. The van der Waals surface area contributed by atoms with Crippen molar-refractivity contribution in [1.29, 1.82) is 0 Å². The number of rotatable bonds is 7. The molecule has 7 nitrogen and oxygen atoms in total. The fourth-order valence-electron chi connectivity index (χ4n) is 3.93. The lowest BCUT2D eigenvalue weighted by Gasteiger charge is -2.31. The highest BCUT2D eigenvalue weighted by molar-refractivity contribution is 7.89. The molecule has 2 aromatic carbocycles. The first-order valence-electron chi connectivity index (χ1n) is 10.4. The predicted molar refractivity (Wildman–Crippen MR) is 118 cm³/mol. The number of hydrogen-bond donors (Lipinski definition) is 1. The van der Waals surface area contributed by atoms with Crippen LogP contribution in [0.25, 0.3) is 0 Å². The van der Waals surface area contributed by atoms with Gasteiger partial charge in [0.25, 0.3) is 0 Å². The summed E-state index contributed by atoms with van der Waals surface area (Å²) in [7, 11) is -3.46. The van der Waals surface area contributed by atoms with Crippen LogP contribution >= 0.6 is 0 Å². The van der Waals surface area contributed by atoms with E-state index in [0.717, 1.165) is 5.56 Å². The summed E-state index contributed by atoms with van der Waals surface area (Å²) in [6.07, 6.45) is 4.87. The Balaban J connectivity index is 1.35. The standard InChI is InChI=1S/C23H26N4O3S/c28-23(22(27-15-7-14-25-27)20-8-3-1-4-9-20)24-18-19-12-16-26(17-13-19)31(29,30)21-10-5-2-6-11-21/h1-11,14-15,19,22H,12-13,16-18H2,(H,24,28). The van der Waals surface area contributed by atoms with Gasteiger partial charge in [0.1, 0.15) is 0 Å². The number of nitrogens with zero attached hydrogens (tertiary/aromatic N) is 3. The van der Waals surface area contributed by atoms with Crippen molar-refractivity contribution >= 4 is 15.9 Å². The number of nitrogens with one attached hydrogen (secondary N) is 1. The van der Waals surface area contributed by atoms with Crippen LogP contribution in [0.1, 0.15) is 24.4 Å². The zero-order valence-electron chi connectivity index (χ0n) is 17.2. The zero-order valence-corrected chi connectivity index (χ0v) is 18.0. The largest absolute Gasteiger partial charge is 0.354 e. The Morgan fingerprint density at radius 1 is 1.00 bits per heavy atom. The van der Waals surface area contributed by atoms with E-state index >= 15 is 0 Å². The van der Waals surface area contributed by atoms with Gasteiger partial charge in [0.05, 0.1) is 4.90 Å². The van der Waals surface area contributed by atoms with Gasteiger partial charge in [0, 0.05) is 32.0 Å². The van der Waals surface area contributed by atoms with Crippen molar-refractivity contribution in [3.63, 3.8) is 0 Å².